The first kappa shape index (κ1) is 15.0. The van der Waals surface area contributed by atoms with Crippen molar-refractivity contribution < 1.29 is 18.8 Å². The van der Waals surface area contributed by atoms with Crippen LogP contribution in [-0.2, 0) is 20.9 Å². The monoisotopic (exact) mass is 287 g/mol. The number of hydrogen-bond acceptors (Lipinski definition) is 5. The largest absolute Gasteiger partial charge is 0.457 e. The number of nitrogens with zero attached hydrogens (tertiary/aromatic N) is 1. The van der Waals surface area contributed by atoms with Crippen molar-refractivity contribution in [1.29, 1.82) is 0 Å². The summed E-state index contributed by atoms with van der Waals surface area (Å²) in [5.74, 6) is 0.193. The molecule has 0 N–H and O–H groups in total. The molecule has 5 nitrogen and oxygen atoms in total. The van der Waals surface area contributed by atoms with E-state index in [9.17, 15) is 4.79 Å². The number of benzene rings is 1. The van der Waals surface area contributed by atoms with Crippen LogP contribution in [0.5, 0.6) is 0 Å². The fourth-order valence-electron chi connectivity index (χ4n) is 1.66. The van der Waals surface area contributed by atoms with Crippen molar-refractivity contribution in [1.82, 2.24) is 5.16 Å². The Morgan fingerprint density at radius 1 is 1.43 bits per heavy atom. The topological polar surface area (TPSA) is 61.6 Å². The standard InChI is InChI=1S/C16H17NO4/c1-3-9-19-12(2)16(18)20-11-14-10-15(21-17-14)13-7-5-4-6-8-13/h3-8,10,12H,1,9,11H2,2H3. The van der Waals surface area contributed by atoms with Crippen LogP contribution in [0.15, 0.2) is 53.6 Å². The molecule has 2 aromatic rings. The van der Waals surface area contributed by atoms with Crippen molar-refractivity contribution in [2.24, 2.45) is 0 Å². The molecular formula is C16H17NO4. The summed E-state index contributed by atoms with van der Waals surface area (Å²) in [4.78, 5) is 11.7. The van der Waals surface area contributed by atoms with Crippen LogP contribution in [0.2, 0.25) is 0 Å². The van der Waals surface area contributed by atoms with Gasteiger partial charge in [0.2, 0.25) is 0 Å². The van der Waals surface area contributed by atoms with E-state index in [-0.39, 0.29) is 6.61 Å². The summed E-state index contributed by atoms with van der Waals surface area (Å²) in [5, 5.41) is 3.88. The molecule has 0 aliphatic carbocycles. The lowest BCUT2D eigenvalue weighted by atomic mass is 10.2. The van der Waals surface area contributed by atoms with E-state index in [0.29, 0.717) is 18.1 Å². The van der Waals surface area contributed by atoms with Crippen LogP contribution >= 0.6 is 0 Å². The van der Waals surface area contributed by atoms with Crippen LogP contribution in [0.3, 0.4) is 0 Å². The maximum Gasteiger partial charge on any atom is 0.335 e. The van der Waals surface area contributed by atoms with Gasteiger partial charge >= 0.3 is 5.97 Å². The highest BCUT2D eigenvalue weighted by molar-refractivity contribution is 5.74. The molecule has 1 atom stereocenters. The second-order valence-corrected chi connectivity index (χ2v) is 4.42. The molecule has 0 aliphatic rings. The lowest BCUT2D eigenvalue weighted by Crippen LogP contribution is -2.23. The highest BCUT2D eigenvalue weighted by atomic mass is 16.6. The van der Waals surface area contributed by atoms with E-state index in [1.54, 1.807) is 19.1 Å². The fraction of sp³-hybridized carbons (Fsp3) is 0.250. The summed E-state index contributed by atoms with van der Waals surface area (Å²) in [6, 6.07) is 11.3. The van der Waals surface area contributed by atoms with Crippen molar-refractivity contribution >= 4 is 5.97 Å². The minimum atomic E-state index is -0.636. The van der Waals surface area contributed by atoms with Crippen LogP contribution in [0, 0.1) is 0 Å². The zero-order chi connectivity index (χ0) is 15.1. The van der Waals surface area contributed by atoms with Crippen LogP contribution < -0.4 is 0 Å². The van der Waals surface area contributed by atoms with Crippen molar-refractivity contribution in [3.63, 3.8) is 0 Å². The third kappa shape index (κ3) is 4.29. The molecule has 0 bridgehead atoms. The van der Waals surface area contributed by atoms with Crippen LogP contribution in [0.1, 0.15) is 12.6 Å². The predicted molar refractivity (Wildman–Crippen MR) is 77.3 cm³/mol. The van der Waals surface area contributed by atoms with Gasteiger partial charge in [0, 0.05) is 11.6 Å². The van der Waals surface area contributed by atoms with Crippen molar-refractivity contribution in [2.75, 3.05) is 6.61 Å². The molecular weight excluding hydrogens is 270 g/mol. The minimum absolute atomic E-state index is 0.0525. The Balaban J connectivity index is 1.88. The molecule has 2 rings (SSSR count). The lowest BCUT2D eigenvalue weighted by molar-refractivity contribution is -0.156. The molecule has 1 unspecified atom stereocenters. The van der Waals surface area contributed by atoms with Gasteiger partial charge in [0.15, 0.2) is 11.9 Å². The van der Waals surface area contributed by atoms with E-state index in [1.165, 1.54) is 0 Å². The molecule has 5 heteroatoms. The average Bonchev–Trinajstić information content (AvgIpc) is 3.00. The van der Waals surface area contributed by atoms with Crippen molar-refractivity contribution in [2.45, 2.75) is 19.6 Å². The van der Waals surface area contributed by atoms with Gasteiger partial charge in [-0.1, -0.05) is 41.6 Å². The summed E-state index contributed by atoms with van der Waals surface area (Å²) in [6.45, 7) is 5.50. The summed E-state index contributed by atoms with van der Waals surface area (Å²) < 4.78 is 15.5. The van der Waals surface area contributed by atoms with E-state index in [2.05, 4.69) is 11.7 Å². The molecule has 21 heavy (non-hydrogen) atoms. The minimum Gasteiger partial charge on any atom is -0.457 e. The Hall–Kier alpha value is -2.40. The lowest BCUT2D eigenvalue weighted by Gasteiger charge is -2.10. The maximum absolute atomic E-state index is 11.7. The molecule has 0 spiro atoms. The van der Waals surface area contributed by atoms with Gasteiger partial charge in [0.1, 0.15) is 12.3 Å². The van der Waals surface area contributed by atoms with Gasteiger partial charge < -0.3 is 14.0 Å². The predicted octanol–water partition coefficient (Wildman–Crippen LogP) is 2.98. The number of ether oxygens (including phenoxy) is 2. The highest BCUT2D eigenvalue weighted by Crippen LogP contribution is 2.20. The third-order valence-corrected chi connectivity index (χ3v) is 2.78. The smallest absolute Gasteiger partial charge is 0.335 e. The summed E-state index contributed by atoms with van der Waals surface area (Å²) in [7, 11) is 0. The van der Waals surface area contributed by atoms with Gasteiger partial charge in [0.25, 0.3) is 0 Å². The molecule has 0 saturated carbocycles. The third-order valence-electron chi connectivity index (χ3n) is 2.78. The Kier molecular flexibility index (Phi) is 5.29. The molecule has 1 aromatic heterocycles. The molecule has 1 heterocycles. The first-order valence-electron chi connectivity index (χ1n) is 6.61. The normalized spacial score (nSPS) is 11.9. The molecule has 0 saturated heterocycles. The Labute approximate surface area is 123 Å². The van der Waals surface area contributed by atoms with Gasteiger partial charge in [0.05, 0.1) is 6.61 Å². The van der Waals surface area contributed by atoms with Crippen LogP contribution in [0.4, 0.5) is 0 Å². The number of carbonyl (C=O) groups excluding carboxylic acids is 1. The van der Waals surface area contributed by atoms with Gasteiger partial charge in [-0.25, -0.2) is 4.79 Å². The zero-order valence-corrected chi connectivity index (χ0v) is 11.8. The SMILES string of the molecule is C=CCOC(C)C(=O)OCc1cc(-c2ccccc2)on1. The average molecular weight is 287 g/mol. The van der Waals surface area contributed by atoms with Crippen LogP contribution in [-0.4, -0.2) is 23.8 Å². The Morgan fingerprint density at radius 3 is 2.90 bits per heavy atom. The Bertz CT molecular complexity index is 591. The van der Waals surface area contributed by atoms with Crippen molar-refractivity contribution in [3.05, 3.63) is 54.7 Å². The molecule has 110 valence electrons. The molecule has 0 amide bonds. The number of hydrogen-bond donors (Lipinski definition) is 0. The summed E-state index contributed by atoms with van der Waals surface area (Å²) in [6.07, 6.45) is 0.941. The van der Waals surface area contributed by atoms with E-state index in [1.807, 2.05) is 30.3 Å². The van der Waals surface area contributed by atoms with Crippen molar-refractivity contribution in [3.8, 4) is 11.3 Å². The van der Waals surface area contributed by atoms with Gasteiger partial charge in [-0.3, -0.25) is 0 Å². The van der Waals surface area contributed by atoms with E-state index in [4.69, 9.17) is 14.0 Å². The van der Waals surface area contributed by atoms with Gasteiger partial charge in [-0.05, 0) is 6.92 Å². The first-order chi connectivity index (χ1) is 10.2. The maximum atomic E-state index is 11.7. The number of aromatic nitrogens is 1. The number of esters is 1. The first-order valence-corrected chi connectivity index (χ1v) is 6.61. The number of rotatable bonds is 7. The highest BCUT2D eigenvalue weighted by Gasteiger charge is 2.15. The molecule has 0 fully saturated rings. The van der Waals surface area contributed by atoms with E-state index >= 15 is 0 Å². The quantitative estimate of drug-likeness (QED) is 0.578. The second-order valence-electron chi connectivity index (χ2n) is 4.42. The summed E-state index contributed by atoms with van der Waals surface area (Å²) >= 11 is 0. The molecule has 0 radical (unpaired) electrons. The van der Waals surface area contributed by atoms with E-state index in [0.717, 1.165) is 5.56 Å². The molecule has 1 aromatic carbocycles. The fourth-order valence-corrected chi connectivity index (χ4v) is 1.66. The number of carbonyl (C=O) groups is 1. The Morgan fingerprint density at radius 2 is 2.19 bits per heavy atom. The second kappa shape index (κ2) is 7.40. The van der Waals surface area contributed by atoms with E-state index < -0.39 is 12.1 Å². The van der Waals surface area contributed by atoms with Crippen LogP contribution in [0.25, 0.3) is 11.3 Å². The molecule has 0 aliphatic heterocycles. The van der Waals surface area contributed by atoms with Gasteiger partial charge in [-0.2, -0.15) is 0 Å². The van der Waals surface area contributed by atoms with Gasteiger partial charge in [-0.15, -0.1) is 6.58 Å². The zero-order valence-electron chi connectivity index (χ0n) is 11.8. The summed E-state index contributed by atoms with van der Waals surface area (Å²) in [5.41, 5.74) is 1.48.